The van der Waals surface area contributed by atoms with Crippen molar-refractivity contribution in [1.82, 2.24) is 10.8 Å². The molecule has 1 aromatic carbocycles. The van der Waals surface area contributed by atoms with Crippen molar-refractivity contribution >= 4 is 17.8 Å². The van der Waals surface area contributed by atoms with E-state index in [1.54, 1.807) is 5.48 Å². The number of amides is 2. The highest BCUT2D eigenvalue weighted by atomic mass is 16.5. The van der Waals surface area contributed by atoms with Crippen LogP contribution in [0.3, 0.4) is 0 Å². The first-order valence-corrected chi connectivity index (χ1v) is 9.22. The van der Waals surface area contributed by atoms with Gasteiger partial charge in [-0.15, -0.1) is 0 Å². The minimum atomic E-state index is -0.841. The van der Waals surface area contributed by atoms with E-state index in [0.717, 1.165) is 5.56 Å². The second-order valence-corrected chi connectivity index (χ2v) is 6.34. The van der Waals surface area contributed by atoms with Gasteiger partial charge >= 0.3 is 5.97 Å². The average Bonchev–Trinajstić information content (AvgIpc) is 2.68. The largest absolute Gasteiger partial charge is 0.467 e. The van der Waals surface area contributed by atoms with Gasteiger partial charge in [-0.3, -0.25) is 14.8 Å². The molecule has 27 heavy (non-hydrogen) atoms. The predicted octanol–water partition coefficient (Wildman–Crippen LogP) is 2.47. The number of nitrogens with one attached hydrogen (secondary N) is 2. The number of carbonyl (C=O) groups is 3. The standard InChI is InChI=1S/C18H26N2O5.C2H6/c1-12(2)9-14(11-16(21)20-24)17(22)19-15(18(23)25-3)10-13-7-5-4-6-8-13;1-2/h4-8,12,14-15,24H,9-11H2,1-3H3,(H,19,22)(H,20,21);1-2H3. The molecule has 0 bridgehead atoms. The number of methoxy groups -OCH3 is 1. The Kier molecular flexibility index (Phi) is 12.5. The van der Waals surface area contributed by atoms with Crippen molar-refractivity contribution in [3.05, 3.63) is 35.9 Å². The van der Waals surface area contributed by atoms with Crippen LogP contribution in [0.15, 0.2) is 30.3 Å². The molecule has 3 N–H and O–H groups in total. The molecular weight excluding hydrogens is 348 g/mol. The molecule has 2 atom stereocenters. The molecule has 2 unspecified atom stereocenters. The number of carbonyl (C=O) groups excluding carboxylic acids is 3. The summed E-state index contributed by atoms with van der Waals surface area (Å²) >= 11 is 0. The van der Waals surface area contributed by atoms with E-state index in [1.807, 2.05) is 58.0 Å². The lowest BCUT2D eigenvalue weighted by Gasteiger charge is -2.22. The zero-order valence-electron chi connectivity index (χ0n) is 16.8. The van der Waals surface area contributed by atoms with Gasteiger partial charge in [0.25, 0.3) is 0 Å². The molecular formula is C20H32N2O5. The Labute approximate surface area is 161 Å². The zero-order chi connectivity index (χ0) is 20.8. The molecule has 1 aromatic rings. The molecule has 0 heterocycles. The first kappa shape index (κ1) is 24.6. The zero-order valence-corrected chi connectivity index (χ0v) is 16.8. The Hall–Kier alpha value is -2.41. The summed E-state index contributed by atoms with van der Waals surface area (Å²) in [5, 5.41) is 11.4. The van der Waals surface area contributed by atoms with Crippen LogP contribution in [-0.2, 0) is 25.5 Å². The molecule has 7 heteroatoms. The molecule has 0 saturated carbocycles. The molecule has 0 spiro atoms. The van der Waals surface area contributed by atoms with Gasteiger partial charge in [0, 0.05) is 18.8 Å². The Balaban J connectivity index is 0.00000326. The molecule has 0 aromatic heterocycles. The molecule has 7 nitrogen and oxygen atoms in total. The summed E-state index contributed by atoms with van der Waals surface area (Å²) in [5.74, 6) is -2.07. The highest BCUT2D eigenvalue weighted by Crippen LogP contribution is 2.17. The summed E-state index contributed by atoms with van der Waals surface area (Å²) in [6.45, 7) is 7.86. The summed E-state index contributed by atoms with van der Waals surface area (Å²) in [7, 11) is 1.26. The number of esters is 1. The molecule has 0 aliphatic rings. The maximum Gasteiger partial charge on any atom is 0.328 e. The number of hydrogen-bond donors (Lipinski definition) is 3. The van der Waals surface area contributed by atoms with Gasteiger partial charge in [0.2, 0.25) is 11.8 Å². The van der Waals surface area contributed by atoms with Crippen LogP contribution in [0.5, 0.6) is 0 Å². The van der Waals surface area contributed by atoms with Crippen LogP contribution < -0.4 is 10.8 Å². The topological polar surface area (TPSA) is 105 Å². The van der Waals surface area contributed by atoms with Crippen molar-refractivity contribution < 1.29 is 24.3 Å². The number of benzene rings is 1. The van der Waals surface area contributed by atoms with E-state index < -0.39 is 29.7 Å². The van der Waals surface area contributed by atoms with Crippen molar-refractivity contribution in [3.8, 4) is 0 Å². The van der Waals surface area contributed by atoms with E-state index >= 15 is 0 Å². The molecule has 1 rings (SSSR count). The van der Waals surface area contributed by atoms with E-state index in [4.69, 9.17) is 9.94 Å². The third kappa shape index (κ3) is 9.75. The monoisotopic (exact) mass is 380 g/mol. The maximum absolute atomic E-state index is 12.6. The summed E-state index contributed by atoms with van der Waals surface area (Å²) in [6, 6.07) is 8.42. The van der Waals surface area contributed by atoms with Crippen LogP contribution in [0.1, 0.15) is 46.1 Å². The summed E-state index contributed by atoms with van der Waals surface area (Å²) in [5.41, 5.74) is 2.42. The van der Waals surface area contributed by atoms with Crippen molar-refractivity contribution in [2.24, 2.45) is 11.8 Å². The Morgan fingerprint density at radius 2 is 1.70 bits per heavy atom. The van der Waals surface area contributed by atoms with Crippen LogP contribution in [0.25, 0.3) is 0 Å². The molecule has 0 aliphatic heterocycles. The first-order valence-electron chi connectivity index (χ1n) is 9.22. The van der Waals surface area contributed by atoms with E-state index in [-0.39, 0.29) is 12.3 Å². The number of rotatable bonds is 9. The number of ether oxygens (including phenoxy) is 1. The van der Waals surface area contributed by atoms with Crippen molar-refractivity contribution in [2.45, 2.75) is 53.0 Å². The van der Waals surface area contributed by atoms with Gasteiger partial charge in [0.1, 0.15) is 6.04 Å². The quantitative estimate of drug-likeness (QED) is 0.347. The Morgan fingerprint density at radius 1 is 1.11 bits per heavy atom. The van der Waals surface area contributed by atoms with Gasteiger partial charge in [-0.25, -0.2) is 10.3 Å². The summed E-state index contributed by atoms with van der Waals surface area (Å²) < 4.78 is 4.78. The predicted molar refractivity (Wildman–Crippen MR) is 103 cm³/mol. The minimum Gasteiger partial charge on any atom is -0.467 e. The molecule has 0 radical (unpaired) electrons. The minimum absolute atomic E-state index is 0.153. The highest BCUT2D eigenvalue weighted by molar-refractivity contribution is 5.89. The summed E-state index contributed by atoms with van der Waals surface area (Å²) in [6.07, 6.45) is 0.595. The third-order valence-corrected chi connectivity index (χ3v) is 3.77. The van der Waals surface area contributed by atoms with Gasteiger partial charge in [-0.05, 0) is 17.9 Å². The van der Waals surface area contributed by atoms with E-state index in [2.05, 4.69) is 5.32 Å². The van der Waals surface area contributed by atoms with Gasteiger partial charge in [-0.1, -0.05) is 58.0 Å². The number of hydrogen-bond acceptors (Lipinski definition) is 5. The second kappa shape index (κ2) is 13.7. The first-order chi connectivity index (χ1) is 12.9. The van der Waals surface area contributed by atoms with Gasteiger partial charge in [0.15, 0.2) is 0 Å². The van der Waals surface area contributed by atoms with E-state index in [1.165, 1.54) is 7.11 Å². The number of hydroxylamine groups is 1. The van der Waals surface area contributed by atoms with Gasteiger partial charge < -0.3 is 10.1 Å². The Bertz CT molecular complexity index is 575. The van der Waals surface area contributed by atoms with Gasteiger partial charge in [-0.2, -0.15) is 0 Å². The molecule has 0 saturated heterocycles. The van der Waals surface area contributed by atoms with E-state index in [0.29, 0.717) is 12.8 Å². The maximum atomic E-state index is 12.6. The van der Waals surface area contributed by atoms with Crippen LogP contribution >= 0.6 is 0 Å². The van der Waals surface area contributed by atoms with Crippen LogP contribution in [0.4, 0.5) is 0 Å². The van der Waals surface area contributed by atoms with Crippen LogP contribution in [-0.4, -0.2) is 36.1 Å². The van der Waals surface area contributed by atoms with Crippen molar-refractivity contribution in [3.63, 3.8) is 0 Å². The van der Waals surface area contributed by atoms with Crippen LogP contribution in [0, 0.1) is 11.8 Å². The molecule has 0 aliphatic carbocycles. The highest BCUT2D eigenvalue weighted by Gasteiger charge is 2.28. The normalized spacial score (nSPS) is 12.3. The van der Waals surface area contributed by atoms with Crippen molar-refractivity contribution in [1.29, 1.82) is 0 Å². The smallest absolute Gasteiger partial charge is 0.328 e. The molecule has 0 fully saturated rings. The fourth-order valence-corrected chi connectivity index (χ4v) is 2.60. The molecule has 152 valence electrons. The second-order valence-electron chi connectivity index (χ2n) is 6.34. The Morgan fingerprint density at radius 3 is 2.19 bits per heavy atom. The van der Waals surface area contributed by atoms with Crippen LogP contribution in [0.2, 0.25) is 0 Å². The SMILES string of the molecule is CC.COC(=O)C(Cc1ccccc1)NC(=O)C(CC(=O)NO)CC(C)C. The summed E-state index contributed by atoms with van der Waals surface area (Å²) in [4.78, 5) is 36.0. The average molecular weight is 380 g/mol. The lowest BCUT2D eigenvalue weighted by molar-refractivity contribution is -0.146. The lowest BCUT2D eigenvalue weighted by atomic mass is 9.92. The lowest BCUT2D eigenvalue weighted by Crippen LogP contribution is -2.46. The van der Waals surface area contributed by atoms with E-state index in [9.17, 15) is 14.4 Å². The third-order valence-electron chi connectivity index (χ3n) is 3.77. The fourth-order valence-electron chi connectivity index (χ4n) is 2.60. The fraction of sp³-hybridized carbons (Fsp3) is 0.550. The van der Waals surface area contributed by atoms with Gasteiger partial charge in [0.05, 0.1) is 7.11 Å². The van der Waals surface area contributed by atoms with Crippen molar-refractivity contribution in [2.75, 3.05) is 7.11 Å². The molecule has 2 amide bonds.